The molecule has 0 saturated heterocycles. The molecule has 0 radical (unpaired) electrons. The maximum absolute atomic E-state index is 12.6. The fourth-order valence-electron chi connectivity index (χ4n) is 3.34. The van der Waals surface area contributed by atoms with Gasteiger partial charge in [0.05, 0.1) is 11.5 Å². The van der Waals surface area contributed by atoms with E-state index in [1.54, 1.807) is 6.26 Å². The Kier molecular flexibility index (Phi) is 5.51. The van der Waals surface area contributed by atoms with Gasteiger partial charge in [0.2, 0.25) is 5.91 Å². The number of hydrogen-bond donors (Lipinski definition) is 1. The van der Waals surface area contributed by atoms with Crippen LogP contribution in [0.1, 0.15) is 40.0 Å². The topological polar surface area (TPSA) is 73.0 Å². The number of nitrogens with one attached hydrogen (secondary N) is 1. The van der Waals surface area contributed by atoms with Crippen LogP contribution in [0.2, 0.25) is 0 Å². The molecular formula is C18H26N4O2S. The lowest BCUT2D eigenvalue weighted by atomic mass is 9.78. The minimum Gasteiger partial charge on any atom is -0.461 e. The standard InChI is InChI=1S/C18H26N4O2S/c1-11-7-5-8-14(12(11)2)19-17(23)13(3)25-18-21-20-16(22(18)4)15-9-6-10-24-15/h6,9-14H,5,7-8H2,1-4H3,(H,19,23). The van der Waals surface area contributed by atoms with Crippen molar-refractivity contribution in [1.29, 1.82) is 0 Å². The molecule has 2 aromatic rings. The predicted molar refractivity (Wildman–Crippen MR) is 98.1 cm³/mol. The van der Waals surface area contributed by atoms with Crippen LogP contribution < -0.4 is 5.32 Å². The number of nitrogens with zero attached hydrogens (tertiary/aromatic N) is 3. The lowest BCUT2D eigenvalue weighted by molar-refractivity contribution is -0.121. The predicted octanol–water partition coefficient (Wildman–Crippen LogP) is 3.50. The van der Waals surface area contributed by atoms with Gasteiger partial charge in [0, 0.05) is 13.1 Å². The number of carbonyl (C=O) groups excluding carboxylic acids is 1. The summed E-state index contributed by atoms with van der Waals surface area (Å²) in [6.45, 7) is 6.43. The van der Waals surface area contributed by atoms with E-state index >= 15 is 0 Å². The largest absolute Gasteiger partial charge is 0.461 e. The van der Waals surface area contributed by atoms with Crippen LogP contribution in [0.25, 0.3) is 11.6 Å². The molecule has 2 heterocycles. The number of hydrogen-bond acceptors (Lipinski definition) is 5. The van der Waals surface area contributed by atoms with Crippen LogP contribution in [0.15, 0.2) is 28.0 Å². The number of aromatic nitrogens is 3. The Morgan fingerprint density at radius 2 is 2.20 bits per heavy atom. The Morgan fingerprint density at radius 3 is 2.92 bits per heavy atom. The number of furan rings is 1. The zero-order valence-electron chi connectivity index (χ0n) is 15.2. The molecule has 1 aliphatic rings. The Labute approximate surface area is 152 Å². The zero-order chi connectivity index (χ0) is 18.0. The Hall–Kier alpha value is -1.76. The molecule has 4 unspecified atom stereocenters. The molecule has 136 valence electrons. The van der Waals surface area contributed by atoms with Gasteiger partial charge in [-0.3, -0.25) is 4.79 Å². The second-order valence-electron chi connectivity index (χ2n) is 6.98. The summed E-state index contributed by atoms with van der Waals surface area (Å²) in [4.78, 5) is 12.6. The molecule has 2 aromatic heterocycles. The van der Waals surface area contributed by atoms with Crippen molar-refractivity contribution >= 4 is 17.7 Å². The summed E-state index contributed by atoms with van der Waals surface area (Å²) in [7, 11) is 1.88. The van der Waals surface area contributed by atoms with Gasteiger partial charge in [0.25, 0.3) is 0 Å². The normalized spacial score (nSPS) is 24.9. The molecular weight excluding hydrogens is 336 g/mol. The Bertz CT molecular complexity index is 713. The molecule has 0 aromatic carbocycles. The Balaban J connectivity index is 1.62. The van der Waals surface area contributed by atoms with Crippen LogP contribution in [-0.2, 0) is 11.8 Å². The number of thioether (sulfide) groups is 1. The zero-order valence-corrected chi connectivity index (χ0v) is 16.0. The summed E-state index contributed by atoms with van der Waals surface area (Å²) in [6.07, 6.45) is 5.13. The first-order valence-electron chi connectivity index (χ1n) is 8.87. The highest BCUT2D eigenvalue weighted by atomic mass is 32.2. The molecule has 6 nitrogen and oxygen atoms in total. The monoisotopic (exact) mass is 362 g/mol. The fourth-order valence-corrected chi connectivity index (χ4v) is 4.16. The van der Waals surface area contributed by atoms with Crippen LogP contribution in [0.5, 0.6) is 0 Å². The molecule has 25 heavy (non-hydrogen) atoms. The SMILES string of the molecule is CC(Sc1nnc(-c2ccco2)n1C)C(=O)NC1CCCC(C)C1C. The van der Waals surface area contributed by atoms with E-state index in [1.165, 1.54) is 24.6 Å². The van der Waals surface area contributed by atoms with Gasteiger partial charge in [-0.05, 0) is 37.3 Å². The minimum atomic E-state index is -0.225. The molecule has 0 bridgehead atoms. The molecule has 1 N–H and O–H groups in total. The third-order valence-corrected chi connectivity index (χ3v) is 6.40. The lowest BCUT2D eigenvalue weighted by Crippen LogP contribution is -2.46. The molecule has 0 spiro atoms. The van der Waals surface area contributed by atoms with Crippen molar-refractivity contribution in [2.75, 3.05) is 0 Å². The number of amides is 1. The van der Waals surface area contributed by atoms with E-state index in [0.29, 0.717) is 28.6 Å². The van der Waals surface area contributed by atoms with Gasteiger partial charge >= 0.3 is 0 Å². The lowest BCUT2D eigenvalue weighted by Gasteiger charge is -2.35. The number of carbonyl (C=O) groups is 1. The van der Waals surface area contributed by atoms with Gasteiger partial charge in [0.15, 0.2) is 16.7 Å². The van der Waals surface area contributed by atoms with Gasteiger partial charge < -0.3 is 14.3 Å². The van der Waals surface area contributed by atoms with Gasteiger partial charge in [-0.2, -0.15) is 0 Å². The molecule has 1 aliphatic carbocycles. The molecule has 0 aliphatic heterocycles. The summed E-state index contributed by atoms with van der Waals surface area (Å²) < 4.78 is 7.24. The second kappa shape index (κ2) is 7.64. The van der Waals surface area contributed by atoms with Crippen molar-refractivity contribution in [2.45, 2.75) is 56.5 Å². The smallest absolute Gasteiger partial charge is 0.233 e. The first-order chi connectivity index (χ1) is 12.0. The third kappa shape index (κ3) is 3.92. The highest BCUT2D eigenvalue weighted by Crippen LogP contribution is 2.30. The number of rotatable bonds is 5. The van der Waals surface area contributed by atoms with E-state index in [1.807, 2.05) is 30.7 Å². The first-order valence-corrected chi connectivity index (χ1v) is 9.75. The van der Waals surface area contributed by atoms with E-state index in [0.717, 1.165) is 6.42 Å². The van der Waals surface area contributed by atoms with E-state index in [4.69, 9.17) is 4.42 Å². The van der Waals surface area contributed by atoms with E-state index < -0.39 is 0 Å². The van der Waals surface area contributed by atoms with Crippen molar-refractivity contribution in [3.8, 4) is 11.6 Å². The van der Waals surface area contributed by atoms with Crippen molar-refractivity contribution in [1.82, 2.24) is 20.1 Å². The van der Waals surface area contributed by atoms with Crippen LogP contribution in [-0.4, -0.2) is 32.0 Å². The van der Waals surface area contributed by atoms with Crippen LogP contribution in [0.3, 0.4) is 0 Å². The fraction of sp³-hybridized carbons (Fsp3) is 0.611. The van der Waals surface area contributed by atoms with Gasteiger partial charge in [-0.15, -0.1) is 10.2 Å². The molecule has 1 fully saturated rings. The van der Waals surface area contributed by atoms with Crippen LogP contribution in [0.4, 0.5) is 0 Å². The van der Waals surface area contributed by atoms with Crippen molar-refractivity contribution < 1.29 is 9.21 Å². The quantitative estimate of drug-likeness (QED) is 0.824. The van der Waals surface area contributed by atoms with Crippen LogP contribution >= 0.6 is 11.8 Å². The maximum Gasteiger partial charge on any atom is 0.233 e. The van der Waals surface area contributed by atoms with E-state index in [9.17, 15) is 4.79 Å². The average molecular weight is 362 g/mol. The molecule has 7 heteroatoms. The summed E-state index contributed by atoms with van der Waals surface area (Å²) in [6, 6.07) is 3.94. The van der Waals surface area contributed by atoms with Gasteiger partial charge in [0.1, 0.15) is 0 Å². The van der Waals surface area contributed by atoms with Crippen molar-refractivity contribution in [3.63, 3.8) is 0 Å². The van der Waals surface area contributed by atoms with Crippen LogP contribution in [0, 0.1) is 11.8 Å². The molecule has 1 saturated carbocycles. The third-order valence-electron chi connectivity index (χ3n) is 5.26. The van der Waals surface area contributed by atoms with Crippen molar-refractivity contribution in [2.24, 2.45) is 18.9 Å². The van der Waals surface area contributed by atoms with Crippen molar-refractivity contribution in [3.05, 3.63) is 18.4 Å². The first kappa shape index (κ1) is 18.0. The summed E-state index contributed by atoms with van der Waals surface area (Å²) >= 11 is 1.42. The van der Waals surface area contributed by atoms with E-state index in [-0.39, 0.29) is 17.2 Å². The maximum atomic E-state index is 12.6. The molecule has 4 atom stereocenters. The Morgan fingerprint density at radius 1 is 1.40 bits per heavy atom. The van der Waals surface area contributed by atoms with E-state index in [2.05, 4.69) is 29.4 Å². The minimum absolute atomic E-state index is 0.0681. The summed E-state index contributed by atoms with van der Waals surface area (Å²) in [5.74, 6) is 2.59. The summed E-state index contributed by atoms with van der Waals surface area (Å²) in [5, 5.41) is 12.1. The average Bonchev–Trinajstić information content (AvgIpc) is 3.22. The summed E-state index contributed by atoms with van der Waals surface area (Å²) in [5.41, 5.74) is 0. The van der Waals surface area contributed by atoms with Gasteiger partial charge in [-0.25, -0.2) is 0 Å². The molecule has 1 amide bonds. The highest BCUT2D eigenvalue weighted by Gasteiger charge is 2.30. The highest BCUT2D eigenvalue weighted by molar-refractivity contribution is 8.00. The second-order valence-corrected chi connectivity index (χ2v) is 8.29. The molecule has 3 rings (SSSR count). The van der Waals surface area contributed by atoms with Gasteiger partial charge in [-0.1, -0.05) is 38.5 Å².